The molecule has 27 heavy (non-hydrogen) atoms. The molecule has 0 saturated carbocycles. The number of piperazine rings is 1. The number of β-amino-alcohol motifs (C(OH)–C–C–N with tert-alkyl or cyclic N) is 1. The van der Waals surface area contributed by atoms with Crippen LogP contribution in [0.1, 0.15) is 22.8 Å². The Labute approximate surface area is 161 Å². The SMILES string of the molecule is CC(=O)c1ccccc1OC[C@@H](O)CN1CCN(Cc2ccccc2)CC1. The zero-order chi connectivity index (χ0) is 19.1. The van der Waals surface area contributed by atoms with Crippen molar-refractivity contribution in [2.24, 2.45) is 0 Å². The van der Waals surface area contributed by atoms with Crippen LogP contribution in [0, 0.1) is 0 Å². The number of rotatable bonds is 8. The van der Waals surface area contributed by atoms with Crippen LogP contribution in [0.4, 0.5) is 0 Å². The molecular formula is C22H28N2O3. The van der Waals surface area contributed by atoms with Crippen LogP contribution in [0.5, 0.6) is 5.75 Å². The van der Waals surface area contributed by atoms with Gasteiger partial charge in [-0.2, -0.15) is 0 Å². The predicted octanol–water partition coefficient (Wildman–Crippen LogP) is 2.45. The highest BCUT2D eigenvalue weighted by molar-refractivity contribution is 5.96. The summed E-state index contributed by atoms with van der Waals surface area (Å²) >= 11 is 0. The third kappa shape index (κ3) is 5.89. The van der Waals surface area contributed by atoms with Crippen molar-refractivity contribution in [1.82, 2.24) is 9.80 Å². The highest BCUT2D eigenvalue weighted by atomic mass is 16.5. The summed E-state index contributed by atoms with van der Waals surface area (Å²) < 4.78 is 5.69. The number of hydrogen-bond acceptors (Lipinski definition) is 5. The molecule has 144 valence electrons. The number of para-hydroxylation sites is 1. The summed E-state index contributed by atoms with van der Waals surface area (Å²) in [5.41, 5.74) is 1.89. The topological polar surface area (TPSA) is 53.0 Å². The monoisotopic (exact) mass is 368 g/mol. The second-order valence-electron chi connectivity index (χ2n) is 7.08. The minimum absolute atomic E-state index is 0.0328. The smallest absolute Gasteiger partial charge is 0.163 e. The number of carbonyl (C=O) groups is 1. The van der Waals surface area contributed by atoms with E-state index >= 15 is 0 Å². The second kappa shape index (κ2) is 9.65. The molecule has 3 rings (SSSR count). The van der Waals surface area contributed by atoms with Crippen molar-refractivity contribution in [1.29, 1.82) is 0 Å². The molecule has 0 radical (unpaired) electrons. The highest BCUT2D eigenvalue weighted by Gasteiger charge is 2.20. The summed E-state index contributed by atoms with van der Waals surface area (Å²) in [7, 11) is 0. The first-order chi connectivity index (χ1) is 13.1. The normalized spacial score (nSPS) is 16.8. The maximum atomic E-state index is 11.6. The average molecular weight is 368 g/mol. The molecule has 1 fully saturated rings. The number of hydrogen-bond donors (Lipinski definition) is 1. The molecule has 0 bridgehead atoms. The van der Waals surface area contributed by atoms with E-state index in [0.717, 1.165) is 32.7 Å². The third-order valence-electron chi connectivity index (χ3n) is 4.88. The summed E-state index contributed by atoms with van der Waals surface area (Å²) in [4.78, 5) is 16.3. The Kier molecular flexibility index (Phi) is 6.98. The van der Waals surface area contributed by atoms with E-state index in [1.54, 1.807) is 12.1 Å². The first-order valence-electron chi connectivity index (χ1n) is 9.51. The number of ether oxygens (including phenoxy) is 1. The van der Waals surface area contributed by atoms with Crippen LogP contribution >= 0.6 is 0 Å². The second-order valence-corrected chi connectivity index (χ2v) is 7.08. The molecule has 1 N–H and O–H groups in total. The first-order valence-corrected chi connectivity index (χ1v) is 9.51. The molecule has 1 aliphatic rings. The number of aliphatic hydroxyl groups is 1. The van der Waals surface area contributed by atoms with Gasteiger partial charge < -0.3 is 9.84 Å². The van der Waals surface area contributed by atoms with Gasteiger partial charge in [-0.15, -0.1) is 0 Å². The molecule has 1 heterocycles. The van der Waals surface area contributed by atoms with Crippen molar-refractivity contribution in [3.05, 3.63) is 65.7 Å². The van der Waals surface area contributed by atoms with Crippen molar-refractivity contribution < 1.29 is 14.6 Å². The van der Waals surface area contributed by atoms with Crippen LogP contribution in [0.15, 0.2) is 54.6 Å². The number of Topliss-reactive ketones (excluding diaryl/α,β-unsaturated/α-hetero) is 1. The molecule has 5 heteroatoms. The van der Waals surface area contributed by atoms with Crippen LogP contribution in [-0.2, 0) is 6.54 Å². The fraction of sp³-hybridized carbons (Fsp3) is 0.409. The minimum Gasteiger partial charge on any atom is -0.490 e. The number of nitrogens with zero attached hydrogens (tertiary/aromatic N) is 2. The lowest BCUT2D eigenvalue weighted by Crippen LogP contribution is -2.48. The lowest BCUT2D eigenvalue weighted by Gasteiger charge is -2.35. The molecule has 1 saturated heterocycles. The molecular weight excluding hydrogens is 340 g/mol. The maximum absolute atomic E-state index is 11.6. The van der Waals surface area contributed by atoms with E-state index in [0.29, 0.717) is 17.9 Å². The number of carbonyl (C=O) groups excluding carboxylic acids is 1. The van der Waals surface area contributed by atoms with Gasteiger partial charge in [0, 0.05) is 39.3 Å². The third-order valence-corrected chi connectivity index (χ3v) is 4.88. The fourth-order valence-electron chi connectivity index (χ4n) is 3.39. The van der Waals surface area contributed by atoms with Gasteiger partial charge in [0.05, 0.1) is 5.56 Å². The standard InChI is InChI=1S/C22H28N2O3/c1-18(25)21-9-5-6-10-22(21)27-17-20(26)16-24-13-11-23(12-14-24)15-19-7-3-2-4-8-19/h2-10,20,26H,11-17H2,1H3/t20-/m0/s1. The highest BCUT2D eigenvalue weighted by Crippen LogP contribution is 2.18. The van der Waals surface area contributed by atoms with E-state index in [1.807, 2.05) is 18.2 Å². The average Bonchev–Trinajstić information content (AvgIpc) is 2.69. The molecule has 2 aromatic rings. The van der Waals surface area contributed by atoms with E-state index in [2.05, 4.69) is 34.1 Å². The number of ketones is 1. The largest absolute Gasteiger partial charge is 0.490 e. The van der Waals surface area contributed by atoms with Gasteiger partial charge in [-0.05, 0) is 24.6 Å². The summed E-state index contributed by atoms with van der Waals surface area (Å²) in [6.07, 6.45) is -0.578. The van der Waals surface area contributed by atoms with Gasteiger partial charge in [0.2, 0.25) is 0 Å². The predicted molar refractivity (Wildman–Crippen MR) is 106 cm³/mol. The van der Waals surface area contributed by atoms with E-state index in [1.165, 1.54) is 12.5 Å². The van der Waals surface area contributed by atoms with Crippen LogP contribution in [0.3, 0.4) is 0 Å². The van der Waals surface area contributed by atoms with Gasteiger partial charge >= 0.3 is 0 Å². The molecule has 2 aromatic carbocycles. The van der Waals surface area contributed by atoms with Crippen molar-refractivity contribution in [2.45, 2.75) is 19.6 Å². The Morgan fingerprint density at radius 2 is 1.63 bits per heavy atom. The molecule has 0 spiro atoms. The van der Waals surface area contributed by atoms with Crippen molar-refractivity contribution >= 4 is 5.78 Å². The Hall–Kier alpha value is -2.21. The Morgan fingerprint density at radius 1 is 1.00 bits per heavy atom. The van der Waals surface area contributed by atoms with Crippen molar-refractivity contribution in [2.75, 3.05) is 39.3 Å². The van der Waals surface area contributed by atoms with Crippen molar-refractivity contribution in [3.63, 3.8) is 0 Å². The first kappa shape index (κ1) is 19.5. The Balaban J connectivity index is 1.41. The van der Waals surface area contributed by atoms with Crippen LogP contribution in [0.25, 0.3) is 0 Å². The summed E-state index contributed by atoms with van der Waals surface area (Å²) in [5, 5.41) is 10.3. The van der Waals surface area contributed by atoms with E-state index < -0.39 is 6.10 Å². The van der Waals surface area contributed by atoms with Gasteiger partial charge in [-0.25, -0.2) is 0 Å². The van der Waals surface area contributed by atoms with Gasteiger partial charge in [-0.3, -0.25) is 14.6 Å². The lowest BCUT2D eigenvalue weighted by atomic mass is 10.1. The Bertz CT molecular complexity index is 727. The molecule has 0 unspecified atom stereocenters. The number of aliphatic hydroxyl groups excluding tert-OH is 1. The van der Waals surface area contributed by atoms with Gasteiger partial charge in [-0.1, -0.05) is 42.5 Å². The Morgan fingerprint density at radius 3 is 2.33 bits per heavy atom. The minimum atomic E-state index is -0.578. The van der Waals surface area contributed by atoms with Gasteiger partial charge in [0.25, 0.3) is 0 Å². The summed E-state index contributed by atoms with van der Waals surface area (Å²) in [5.74, 6) is 0.506. The summed E-state index contributed by atoms with van der Waals surface area (Å²) in [6, 6.07) is 17.7. The quantitative estimate of drug-likeness (QED) is 0.726. The van der Waals surface area contributed by atoms with Crippen LogP contribution < -0.4 is 4.74 Å². The van der Waals surface area contributed by atoms with E-state index in [9.17, 15) is 9.90 Å². The maximum Gasteiger partial charge on any atom is 0.163 e. The van der Waals surface area contributed by atoms with E-state index in [-0.39, 0.29) is 12.4 Å². The molecule has 1 atom stereocenters. The zero-order valence-electron chi connectivity index (χ0n) is 15.9. The summed E-state index contributed by atoms with van der Waals surface area (Å²) in [6.45, 7) is 7.14. The number of benzene rings is 2. The zero-order valence-corrected chi connectivity index (χ0v) is 15.9. The van der Waals surface area contributed by atoms with Gasteiger partial charge in [0.15, 0.2) is 5.78 Å². The fourth-order valence-corrected chi connectivity index (χ4v) is 3.39. The molecule has 1 aliphatic heterocycles. The van der Waals surface area contributed by atoms with Crippen molar-refractivity contribution in [3.8, 4) is 5.75 Å². The van der Waals surface area contributed by atoms with Crippen LogP contribution in [0.2, 0.25) is 0 Å². The molecule has 0 aromatic heterocycles. The molecule has 0 aliphatic carbocycles. The van der Waals surface area contributed by atoms with Gasteiger partial charge in [0.1, 0.15) is 18.5 Å². The lowest BCUT2D eigenvalue weighted by molar-refractivity contribution is 0.0443. The molecule has 5 nitrogen and oxygen atoms in total. The van der Waals surface area contributed by atoms with E-state index in [4.69, 9.17) is 4.74 Å². The molecule has 0 amide bonds. The van der Waals surface area contributed by atoms with Crippen LogP contribution in [-0.4, -0.2) is 66.1 Å².